The largest absolute Gasteiger partial charge is 0.341 e. The molecule has 1 N–H and O–H groups in total. The lowest BCUT2D eigenvalue weighted by molar-refractivity contribution is -0.127. The van der Waals surface area contributed by atoms with E-state index in [9.17, 15) is 9.59 Å². The summed E-state index contributed by atoms with van der Waals surface area (Å²) in [5.74, 6) is 1.87. The second kappa shape index (κ2) is 4.00. The SMILES string of the molecule is O=C1CC(=O)NC(N2CCSCC2)=N1. The molecule has 0 aliphatic carbocycles. The van der Waals surface area contributed by atoms with Crippen molar-refractivity contribution in [2.24, 2.45) is 4.99 Å². The van der Waals surface area contributed by atoms with E-state index in [1.807, 2.05) is 16.7 Å². The second-order valence-electron chi connectivity index (χ2n) is 3.15. The second-order valence-corrected chi connectivity index (χ2v) is 4.38. The Bertz CT molecular complexity index is 297. The first-order chi connectivity index (χ1) is 6.75. The molecule has 0 atom stereocenters. The molecule has 2 heterocycles. The van der Waals surface area contributed by atoms with Gasteiger partial charge in [-0.25, -0.2) is 0 Å². The minimum absolute atomic E-state index is 0.119. The molecule has 14 heavy (non-hydrogen) atoms. The standard InChI is InChI=1S/C8H11N3O2S/c12-6-5-7(13)10-8(9-6)11-1-3-14-4-2-11/h1-5H2,(H,9,10,12,13). The molecule has 2 aliphatic heterocycles. The third-order valence-electron chi connectivity index (χ3n) is 2.10. The van der Waals surface area contributed by atoms with Crippen LogP contribution in [-0.2, 0) is 9.59 Å². The van der Waals surface area contributed by atoms with Crippen LogP contribution in [0.25, 0.3) is 0 Å². The van der Waals surface area contributed by atoms with Gasteiger partial charge in [0.05, 0.1) is 0 Å². The van der Waals surface area contributed by atoms with Gasteiger partial charge in [-0.2, -0.15) is 16.8 Å². The molecule has 0 radical (unpaired) electrons. The lowest BCUT2D eigenvalue weighted by Crippen LogP contribution is -2.50. The zero-order chi connectivity index (χ0) is 9.97. The highest BCUT2D eigenvalue weighted by Crippen LogP contribution is 2.10. The molecule has 1 saturated heterocycles. The summed E-state index contributed by atoms with van der Waals surface area (Å²) in [5, 5.41) is 2.62. The van der Waals surface area contributed by atoms with E-state index in [0.717, 1.165) is 24.6 Å². The van der Waals surface area contributed by atoms with E-state index in [1.165, 1.54) is 0 Å². The van der Waals surface area contributed by atoms with Crippen molar-refractivity contribution in [2.45, 2.75) is 6.42 Å². The topological polar surface area (TPSA) is 61.8 Å². The van der Waals surface area contributed by atoms with Gasteiger partial charge in [-0.05, 0) is 0 Å². The van der Waals surface area contributed by atoms with Gasteiger partial charge in [-0.3, -0.25) is 14.9 Å². The monoisotopic (exact) mass is 213 g/mol. The number of thioether (sulfide) groups is 1. The minimum Gasteiger partial charge on any atom is -0.341 e. The Morgan fingerprint density at radius 2 is 2.00 bits per heavy atom. The number of rotatable bonds is 0. The van der Waals surface area contributed by atoms with Crippen LogP contribution < -0.4 is 5.32 Å². The molecule has 2 rings (SSSR count). The van der Waals surface area contributed by atoms with Crippen molar-refractivity contribution in [3.63, 3.8) is 0 Å². The molecule has 2 aliphatic rings. The lowest BCUT2D eigenvalue weighted by atomic mass is 10.3. The summed E-state index contributed by atoms with van der Waals surface area (Å²) in [7, 11) is 0. The quantitative estimate of drug-likeness (QED) is 0.548. The molecule has 76 valence electrons. The number of carbonyl (C=O) groups is 2. The van der Waals surface area contributed by atoms with Gasteiger partial charge in [0.1, 0.15) is 6.42 Å². The summed E-state index contributed by atoms with van der Waals surface area (Å²) in [4.78, 5) is 27.9. The van der Waals surface area contributed by atoms with E-state index in [2.05, 4.69) is 10.3 Å². The Balaban J connectivity index is 2.08. The smallest absolute Gasteiger partial charge is 0.258 e. The molecule has 1 fully saturated rings. The normalized spacial score (nSPS) is 23.1. The number of guanidine groups is 1. The third-order valence-corrected chi connectivity index (χ3v) is 3.05. The van der Waals surface area contributed by atoms with Gasteiger partial charge in [0.2, 0.25) is 11.9 Å². The maximum absolute atomic E-state index is 11.1. The molecular weight excluding hydrogens is 202 g/mol. The molecular formula is C8H11N3O2S. The van der Waals surface area contributed by atoms with Gasteiger partial charge in [-0.15, -0.1) is 0 Å². The molecule has 0 unspecified atom stereocenters. The Morgan fingerprint density at radius 3 is 2.64 bits per heavy atom. The van der Waals surface area contributed by atoms with Crippen LogP contribution in [-0.4, -0.2) is 47.3 Å². The fourth-order valence-electron chi connectivity index (χ4n) is 1.42. The number of aliphatic imine (C=N–C) groups is 1. The van der Waals surface area contributed by atoms with Crippen molar-refractivity contribution in [1.29, 1.82) is 0 Å². The van der Waals surface area contributed by atoms with Crippen LogP contribution in [0.3, 0.4) is 0 Å². The molecule has 0 aromatic heterocycles. The number of amides is 2. The van der Waals surface area contributed by atoms with Gasteiger partial charge in [0, 0.05) is 24.6 Å². The predicted octanol–water partition coefficient (Wildman–Crippen LogP) is -0.562. The van der Waals surface area contributed by atoms with E-state index in [0.29, 0.717) is 5.96 Å². The summed E-state index contributed by atoms with van der Waals surface area (Å²) in [5.41, 5.74) is 0. The zero-order valence-corrected chi connectivity index (χ0v) is 8.47. The summed E-state index contributed by atoms with van der Waals surface area (Å²) < 4.78 is 0. The van der Waals surface area contributed by atoms with Crippen LogP contribution in [0.4, 0.5) is 0 Å². The predicted molar refractivity (Wildman–Crippen MR) is 54.1 cm³/mol. The van der Waals surface area contributed by atoms with Gasteiger partial charge >= 0.3 is 0 Å². The van der Waals surface area contributed by atoms with Crippen LogP contribution in [0.5, 0.6) is 0 Å². The highest BCUT2D eigenvalue weighted by atomic mass is 32.2. The van der Waals surface area contributed by atoms with E-state index in [1.54, 1.807) is 0 Å². The summed E-state index contributed by atoms with van der Waals surface area (Å²) in [6.07, 6.45) is -0.119. The van der Waals surface area contributed by atoms with Crippen molar-refractivity contribution in [1.82, 2.24) is 10.2 Å². The maximum Gasteiger partial charge on any atom is 0.258 e. The van der Waals surface area contributed by atoms with Crippen LogP contribution in [0, 0.1) is 0 Å². The first-order valence-electron chi connectivity index (χ1n) is 4.50. The minimum atomic E-state index is -0.345. The molecule has 0 saturated carbocycles. The van der Waals surface area contributed by atoms with E-state index in [4.69, 9.17) is 0 Å². The van der Waals surface area contributed by atoms with Gasteiger partial charge in [0.25, 0.3) is 5.91 Å². The van der Waals surface area contributed by atoms with Gasteiger partial charge in [0.15, 0.2) is 0 Å². The van der Waals surface area contributed by atoms with Gasteiger partial charge in [-0.1, -0.05) is 0 Å². The average Bonchev–Trinajstić information content (AvgIpc) is 2.18. The summed E-state index contributed by atoms with van der Waals surface area (Å²) in [6, 6.07) is 0. The summed E-state index contributed by atoms with van der Waals surface area (Å²) in [6.45, 7) is 1.69. The number of nitrogens with zero attached hydrogens (tertiary/aromatic N) is 2. The Hall–Kier alpha value is -1.04. The Morgan fingerprint density at radius 1 is 1.29 bits per heavy atom. The number of hydrogen-bond donors (Lipinski definition) is 1. The van der Waals surface area contributed by atoms with E-state index < -0.39 is 0 Å². The van der Waals surface area contributed by atoms with Crippen molar-refractivity contribution in [2.75, 3.05) is 24.6 Å². The molecule has 0 spiro atoms. The van der Waals surface area contributed by atoms with Crippen molar-refractivity contribution < 1.29 is 9.59 Å². The van der Waals surface area contributed by atoms with Crippen LogP contribution in [0.15, 0.2) is 4.99 Å². The van der Waals surface area contributed by atoms with E-state index >= 15 is 0 Å². The van der Waals surface area contributed by atoms with Crippen molar-refractivity contribution in [3.8, 4) is 0 Å². The first kappa shape index (κ1) is 9.51. The highest BCUT2D eigenvalue weighted by Gasteiger charge is 2.23. The molecule has 2 amide bonds. The maximum atomic E-state index is 11.1. The number of nitrogens with one attached hydrogen (secondary N) is 1. The average molecular weight is 213 g/mol. The fourth-order valence-corrected chi connectivity index (χ4v) is 2.32. The first-order valence-corrected chi connectivity index (χ1v) is 5.65. The lowest BCUT2D eigenvalue weighted by Gasteiger charge is -2.30. The zero-order valence-electron chi connectivity index (χ0n) is 7.65. The number of carbonyl (C=O) groups excluding carboxylic acids is 2. The van der Waals surface area contributed by atoms with Gasteiger partial charge < -0.3 is 4.90 Å². The molecule has 6 heteroatoms. The fraction of sp³-hybridized carbons (Fsp3) is 0.625. The Kier molecular flexibility index (Phi) is 2.72. The van der Waals surface area contributed by atoms with Crippen LogP contribution >= 0.6 is 11.8 Å². The Labute approximate surface area is 85.9 Å². The molecule has 0 aromatic rings. The third kappa shape index (κ3) is 2.06. The molecule has 5 nitrogen and oxygen atoms in total. The highest BCUT2D eigenvalue weighted by molar-refractivity contribution is 7.99. The van der Waals surface area contributed by atoms with Crippen LogP contribution in [0.2, 0.25) is 0 Å². The van der Waals surface area contributed by atoms with Crippen molar-refractivity contribution in [3.05, 3.63) is 0 Å². The van der Waals surface area contributed by atoms with E-state index in [-0.39, 0.29) is 18.2 Å². The number of hydrogen-bond acceptors (Lipinski definition) is 4. The molecule has 0 aromatic carbocycles. The molecule has 0 bridgehead atoms. The van der Waals surface area contributed by atoms with Crippen molar-refractivity contribution >= 4 is 29.5 Å². The van der Waals surface area contributed by atoms with Crippen LogP contribution in [0.1, 0.15) is 6.42 Å². The summed E-state index contributed by atoms with van der Waals surface area (Å²) >= 11 is 1.87.